The number of hydrogen-bond acceptors (Lipinski definition) is 4. The number of aliphatic hydroxyl groups is 1. The summed E-state index contributed by atoms with van der Waals surface area (Å²) in [7, 11) is -3.55. The van der Waals surface area contributed by atoms with Crippen molar-refractivity contribution in [2.75, 3.05) is 0 Å². The Morgan fingerprint density at radius 1 is 1.00 bits per heavy atom. The van der Waals surface area contributed by atoms with Gasteiger partial charge in [-0.25, -0.2) is 0 Å². The fourth-order valence-corrected chi connectivity index (χ4v) is 3.94. The predicted molar refractivity (Wildman–Crippen MR) is 74.7 cm³/mol. The summed E-state index contributed by atoms with van der Waals surface area (Å²) in [6.07, 6.45) is 0.392. The maximum Gasteiger partial charge on any atom is 0.359 e. The van der Waals surface area contributed by atoms with E-state index < -0.39 is 24.6 Å². The lowest BCUT2D eigenvalue weighted by Crippen LogP contribution is -2.29. The van der Waals surface area contributed by atoms with E-state index in [0.29, 0.717) is 6.42 Å². The van der Waals surface area contributed by atoms with E-state index in [-0.39, 0.29) is 5.92 Å². The standard InChI is InChI=1S/C13H29O4P/c1-10(2)9-11(14)18(15,16-12(3,4)5)17-13(6,7)8/h10-11,14H,9H2,1-8H3/t11-/m0/s1. The highest BCUT2D eigenvalue weighted by Crippen LogP contribution is 2.58. The summed E-state index contributed by atoms with van der Waals surface area (Å²) in [6.45, 7) is 14.7. The lowest BCUT2D eigenvalue weighted by Gasteiger charge is -2.34. The summed E-state index contributed by atoms with van der Waals surface area (Å²) < 4.78 is 23.9. The third kappa shape index (κ3) is 7.52. The van der Waals surface area contributed by atoms with Gasteiger partial charge in [0, 0.05) is 0 Å². The molecular formula is C13H29O4P. The van der Waals surface area contributed by atoms with E-state index in [1.54, 1.807) is 41.5 Å². The Morgan fingerprint density at radius 3 is 1.56 bits per heavy atom. The second-order valence-corrected chi connectivity index (χ2v) is 9.10. The van der Waals surface area contributed by atoms with E-state index in [0.717, 1.165) is 0 Å². The molecular weight excluding hydrogens is 251 g/mol. The first-order valence-corrected chi connectivity index (χ1v) is 8.06. The number of aliphatic hydroxyl groups excluding tert-OH is 1. The molecule has 0 aromatic heterocycles. The summed E-state index contributed by atoms with van der Waals surface area (Å²) in [5.74, 6) is -0.864. The molecule has 0 aliphatic carbocycles. The van der Waals surface area contributed by atoms with Gasteiger partial charge in [0.05, 0.1) is 11.2 Å². The van der Waals surface area contributed by atoms with Crippen LogP contribution in [0.1, 0.15) is 61.8 Å². The Hall–Kier alpha value is 0.110. The number of rotatable bonds is 5. The van der Waals surface area contributed by atoms with Crippen molar-refractivity contribution in [1.82, 2.24) is 0 Å². The van der Waals surface area contributed by atoms with Crippen LogP contribution in [0.25, 0.3) is 0 Å². The van der Waals surface area contributed by atoms with E-state index in [1.165, 1.54) is 0 Å². The highest BCUT2D eigenvalue weighted by Gasteiger charge is 2.41. The minimum absolute atomic E-state index is 0.223. The zero-order valence-corrected chi connectivity index (χ0v) is 13.9. The van der Waals surface area contributed by atoms with E-state index in [1.807, 2.05) is 13.8 Å². The van der Waals surface area contributed by atoms with E-state index in [4.69, 9.17) is 9.05 Å². The molecule has 18 heavy (non-hydrogen) atoms. The molecule has 0 spiro atoms. The van der Waals surface area contributed by atoms with Crippen LogP contribution < -0.4 is 0 Å². The molecule has 0 heterocycles. The van der Waals surface area contributed by atoms with Crippen LogP contribution in [0, 0.1) is 5.92 Å². The molecule has 0 bridgehead atoms. The molecule has 0 saturated carbocycles. The Bertz CT molecular complexity index is 279. The van der Waals surface area contributed by atoms with E-state index >= 15 is 0 Å². The molecule has 0 unspecified atom stereocenters. The van der Waals surface area contributed by atoms with Crippen LogP contribution in [0.5, 0.6) is 0 Å². The van der Waals surface area contributed by atoms with Crippen molar-refractivity contribution in [1.29, 1.82) is 0 Å². The molecule has 0 aromatic carbocycles. The number of hydrogen-bond donors (Lipinski definition) is 1. The molecule has 0 fully saturated rings. The van der Waals surface area contributed by atoms with E-state index in [9.17, 15) is 9.67 Å². The van der Waals surface area contributed by atoms with Crippen molar-refractivity contribution in [2.24, 2.45) is 5.92 Å². The third-order valence-electron chi connectivity index (χ3n) is 1.85. The first-order valence-electron chi connectivity index (χ1n) is 6.44. The zero-order valence-electron chi connectivity index (χ0n) is 13.0. The van der Waals surface area contributed by atoms with Gasteiger partial charge in [-0.15, -0.1) is 0 Å². The van der Waals surface area contributed by atoms with Crippen molar-refractivity contribution in [3.8, 4) is 0 Å². The largest absolute Gasteiger partial charge is 0.380 e. The monoisotopic (exact) mass is 280 g/mol. The summed E-state index contributed by atoms with van der Waals surface area (Å²) in [5, 5.41) is 10.2. The highest BCUT2D eigenvalue weighted by atomic mass is 31.2. The Kier molecular flexibility index (Phi) is 6.08. The first-order chi connectivity index (χ1) is 7.75. The molecule has 1 atom stereocenters. The predicted octanol–water partition coefficient (Wildman–Crippen LogP) is 4.17. The van der Waals surface area contributed by atoms with Gasteiger partial charge in [0.2, 0.25) is 0 Å². The summed E-state index contributed by atoms with van der Waals surface area (Å²) in [6, 6.07) is 0. The van der Waals surface area contributed by atoms with E-state index in [2.05, 4.69) is 0 Å². The van der Waals surface area contributed by atoms with Gasteiger partial charge in [-0.05, 0) is 53.9 Å². The molecule has 1 N–H and O–H groups in total. The van der Waals surface area contributed by atoms with Gasteiger partial charge in [-0.2, -0.15) is 0 Å². The van der Waals surface area contributed by atoms with Gasteiger partial charge in [-0.1, -0.05) is 13.8 Å². The average molecular weight is 280 g/mol. The van der Waals surface area contributed by atoms with Crippen LogP contribution in [0.2, 0.25) is 0 Å². The van der Waals surface area contributed by atoms with Crippen LogP contribution in [0.4, 0.5) is 0 Å². The minimum Gasteiger partial charge on any atom is -0.380 e. The summed E-state index contributed by atoms with van der Waals surface area (Å²) >= 11 is 0. The van der Waals surface area contributed by atoms with Crippen LogP contribution in [-0.2, 0) is 13.6 Å². The van der Waals surface area contributed by atoms with Crippen molar-refractivity contribution >= 4 is 7.60 Å². The first kappa shape index (κ1) is 18.1. The molecule has 0 saturated heterocycles. The average Bonchev–Trinajstić information content (AvgIpc) is 1.93. The van der Waals surface area contributed by atoms with Gasteiger partial charge in [0.15, 0.2) is 5.85 Å². The van der Waals surface area contributed by atoms with Crippen molar-refractivity contribution < 1.29 is 18.7 Å². The van der Waals surface area contributed by atoms with Gasteiger partial charge >= 0.3 is 7.60 Å². The Balaban J connectivity index is 5.09. The molecule has 0 amide bonds. The van der Waals surface area contributed by atoms with Crippen LogP contribution in [-0.4, -0.2) is 22.2 Å². The zero-order chi connectivity index (χ0) is 14.8. The molecule has 0 aliphatic rings. The van der Waals surface area contributed by atoms with Gasteiger partial charge in [-0.3, -0.25) is 4.57 Å². The Morgan fingerprint density at radius 2 is 1.33 bits per heavy atom. The van der Waals surface area contributed by atoms with Crippen molar-refractivity contribution in [2.45, 2.75) is 78.9 Å². The van der Waals surface area contributed by atoms with Gasteiger partial charge in [0.25, 0.3) is 0 Å². The molecule has 0 aromatic rings. The van der Waals surface area contributed by atoms with Gasteiger partial charge < -0.3 is 14.2 Å². The third-order valence-corrected chi connectivity index (χ3v) is 4.39. The van der Waals surface area contributed by atoms with Crippen molar-refractivity contribution in [3.63, 3.8) is 0 Å². The molecule has 0 aliphatic heterocycles. The maximum atomic E-state index is 12.8. The van der Waals surface area contributed by atoms with Crippen molar-refractivity contribution in [3.05, 3.63) is 0 Å². The van der Waals surface area contributed by atoms with Crippen LogP contribution in [0.15, 0.2) is 0 Å². The maximum absolute atomic E-state index is 12.8. The summed E-state index contributed by atoms with van der Waals surface area (Å²) in [5.41, 5.74) is -1.25. The lowest BCUT2D eigenvalue weighted by molar-refractivity contribution is 0.0244. The lowest BCUT2D eigenvalue weighted by atomic mass is 10.1. The normalized spacial score (nSPS) is 16.1. The molecule has 0 radical (unpaired) electrons. The molecule has 110 valence electrons. The smallest absolute Gasteiger partial charge is 0.359 e. The second kappa shape index (κ2) is 6.04. The van der Waals surface area contributed by atoms with Gasteiger partial charge in [0.1, 0.15) is 0 Å². The minimum atomic E-state index is -3.55. The van der Waals surface area contributed by atoms with Crippen LogP contribution >= 0.6 is 7.60 Å². The molecule has 0 rings (SSSR count). The molecule has 5 heteroatoms. The van der Waals surface area contributed by atoms with Crippen LogP contribution in [0.3, 0.4) is 0 Å². The SMILES string of the molecule is CC(C)C[C@@H](O)P(=O)(OC(C)(C)C)OC(C)(C)C. The summed E-state index contributed by atoms with van der Waals surface area (Å²) in [4.78, 5) is 0. The topological polar surface area (TPSA) is 55.8 Å². The fourth-order valence-electron chi connectivity index (χ4n) is 1.45. The molecule has 4 nitrogen and oxygen atoms in total. The second-order valence-electron chi connectivity index (χ2n) is 7.06. The fraction of sp³-hybridized carbons (Fsp3) is 1.00. The quantitative estimate of drug-likeness (QED) is 0.768. The highest BCUT2D eigenvalue weighted by molar-refractivity contribution is 7.54. The Labute approximate surface area is 112 Å².